The lowest BCUT2D eigenvalue weighted by molar-refractivity contribution is -0.385. The van der Waals surface area contributed by atoms with Gasteiger partial charge in [-0.2, -0.15) is 0 Å². The number of nitrogens with one attached hydrogen (secondary N) is 1. The van der Waals surface area contributed by atoms with Crippen LogP contribution in [0.5, 0.6) is 5.75 Å². The van der Waals surface area contributed by atoms with E-state index in [0.717, 1.165) is 23.1 Å². The molecule has 0 fully saturated rings. The number of amides is 1. The number of hydrogen-bond donors (Lipinski definition) is 1. The molecule has 168 valence electrons. The Kier molecular flexibility index (Phi) is 6.08. The number of hydrogen-bond acceptors (Lipinski definition) is 6. The molecule has 1 atom stereocenters. The molecule has 0 radical (unpaired) electrons. The van der Waals surface area contributed by atoms with Crippen LogP contribution < -0.4 is 10.1 Å². The maximum absolute atomic E-state index is 12.6. The van der Waals surface area contributed by atoms with Gasteiger partial charge in [-0.1, -0.05) is 19.9 Å². The Morgan fingerprint density at radius 2 is 1.91 bits per heavy atom. The summed E-state index contributed by atoms with van der Waals surface area (Å²) >= 11 is 0. The molecule has 8 nitrogen and oxygen atoms in total. The molecule has 0 unspecified atom stereocenters. The number of carbonyl (C=O) groups excluding carboxylic acids is 1. The van der Waals surface area contributed by atoms with Crippen molar-refractivity contribution in [1.29, 1.82) is 0 Å². The molecular weight excluding hydrogens is 422 g/mol. The molecule has 4 aromatic rings. The van der Waals surface area contributed by atoms with E-state index < -0.39 is 10.8 Å². The predicted molar refractivity (Wildman–Crippen MR) is 126 cm³/mol. The number of aromatic nitrogens is 1. The number of nitro benzene ring substituents is 1. The van der Waals surface area contributed by atoms with Gasteiger partial charge in [0, 0.05) is 22.9 Å². The van der Waals surface area contributed by atoms with Crippen molar-refractivity contribution in [2.24, 2.45) is 0 Å². The molecule has 0 spiro atoms. The third-order valence-electron chi connectivity index (χ3n) is 5.62. The summed E-state index contributed by atoms with van der Waals surface area (Å²) in [6, 6.07) is 17.2. The molecule has 0 saturated heterocycles. The summed E-state index contributed by atoms with van der Waals surface area (Å²) in [6.45, 7) is 4.33. The second kappa shape index (κ2) is 9.12. The highest BCUT2D eigenvalue weighted by atomic mass is 16.6. The van der Waals surface area contributed by atoms with Gasteiger partial charge in [0.25, 0.3) is 5.91 Å². The number of ether oxygens (including phenoxy) is 1. The van der Waals surface area contributed by atoms with Crippen LogP contribution in [0.25, 0.3) is 22.6 Å². The van der Waals surface area contributed by atoms with Crippen molar-refractivity contribution in [3.05, 3.63) is 81.9 Å². The van der Waals surface area contributed by atoms with Gasteiger partial charge in [0.1, 0.15) is 5.52 Å². The fourth-order valence-electron chi connectivity index (χ4n) is 3.48. The van der Waals surface area contributed by atoms with Gasteiger partial charge in [0.15, 0.2) is 11.3 Å². The fourth-order valence-corrected chi connectivity index (χ4v) is 3.48. The summed E-state index contributed by atoms with van der Waals surface area (Å²) in [4.78, 5) is 27.8. The highest BCUT2D eigenvalue weighted by Gasteiger charge is 2.18. The quantitative estimate of drug-likeness (QED) is 0.269. The minimum Gasteiger partial charge on any atom is -0.490 e. The molecule has 33 heavy (non-hydrogen) atoms. The van der Waals surface area contributed by atoms with Gasteiger partial charge < -0.3 is 14.5 Å². The lowest BCUT2D eigenvalue weighted by Gasteiger charge is -2.07. The summed E-state index contributed by atoms with van der Waals surface area (Å²) in [5.41, 5.74) is 3.95. The van der Waals surface area contributed by atoms with E-state index in [0.29, 0.717) is 17.5 Å². The number of benzene rings is 3. The van der Waals surface area contributed by atoms with Crippen LogP contribution in [0.2, 0.25) is 0 Å². The van der Waals surface area contributed by atoms with Crippen LogP contribution in [-0.2, 0) is 0 Å². The number of nitrogens with zero attached hydrogens (tertiary/aromatic N) is 2. The number of nitro groups is 1. The number of fused-ring (bicyclic) bond motifs is 1. The highest BCUT2D eigenvalue weighted by molar-refractivity contribution is 6.05. The number of methoxy groups -OCH3 is 1. The van der Waals surface area contributed by atoms with E-state index in [1.54, 1.807) is 24.3 Å². The van der Waals surface area contributed by atoms with Gasteiger partial charge in [-0.05, 0) is 66.4 Å². The third kappa shape index (κ3) is 4.55. The summed E-state index contributed by atoms with van der Waals surface area (Å²) < 4.78 is 10.9. The lowest BCUT2D eigenvalue weighted by Crippen LogP contribution is -2.12. The Bertz CT molecular complexity index is 1330. The molecule has 3 aromatic carbocycles. The monoisotopic (exact) mass is 445 g/mol. The summed E-state index contributed by atoms with van der Waals surface area (Å²) in [5, 5.41) is 13.9. The summed E-state index contributed by atoms with van der Waals surface area (Å²) in [7, 11) is 1.34. The summed E-state index contributed by atoms with van der Waals surface area (Å²) in [5.74, 6) is 0.572. The van der Waals surface area contributed by atoms with Gasteiger partial charge in [-0.25, -0.2) is 4.98 Å². The molecule has 0 aliphatic carbocycles. The van der Waals surface area contributed by atoms with Crippen molar-refractivity contribution in [2.45, 2.75) is 26.2 Å². The normalized spacial score (nSPS) is 11.8. The van der Waals surface area contributed by atoms with Crippen LogP contribution in [0.15, 0.2) is 65.1 Å². The zero-order valence-corrected chi connectivity index (χ0v) is 18.5. The van der Waals surface area contributed by atoms with Gasteiger partial charge in [-0.3, -0.25) is 14.9 Å². The average molecular weight is 445 g/mol. The SMILES string of the molecule is CC[C@H](C)c1ccc2oc(-c3ccc(NC(=O)c4ccc(OC)c([N+](=O)[O-])c4)cc3)nc2c1. The molecule has 1 amide bonds. The molecule has 1 N–H and O–H groups in total. The van der Waals surface area contributed by atoms with E-state index in [2.05, 4.69) is 36.3 Å². The van der Waals surface area contributed by atoms with Gasteiger partial charge >= 0.3 is 5.69 Å². The third-order valence-corrected chi connectivity index (χ3v) is 5.62. The zero-order chi connectivity index (χ0) is 23.5. The number of anilines is 1. The fraction of sp³-hybridized carbons (Fsp3) is 0.200. The lowest BCUT2D eigenvalue weighted by atomic mass is 9.98. The van der Waals surface area contributed by atoms with Crippen LogP contribution in [0.4, 0.5) is 11.4 Å². The first kappa shape index (κ1) is 22.0. The Hall–Kier alpha value is -4.20. The number of rotatable bonds is 7. The van der Waals surface area contributed by atoms with Gasteiger partial charge in [-0.15, -0.1) is 0 Å². The molecule has 0 bridgehead atoms. The second-order valence-corrected chi connectivity index (χ2v) is 7.73. The predicted octanol–water partition coefficient (Wildman–Crippen LogP) is 6.18. The van der Waals surface area contributed by atoms with Gasteiger partial charge in [0.2, 0.25) is 5.89 Å². The van der Waals surface area contributed by atoms with Crippen molar-refractivity contribution in [3.8, 4) is 17.2 Å². The minimum atomic E-state index is -0.587. The Labute approximate surface area is 190 Å². The Morgan fingerprint density at radius 3 is 2.58 bits per heavy atom. The topological polar surface area (TPSA) is 108 Å². The molecule has 0 saturated carbocycles. The van der Waals surface area contributed by atoms with Crippen molar-refractivity contribution >= 4 is 28.4 Å². The summed E-state index contributed by atoms with van der Waals surface area (Å²) in [6.07, 6.45) is 1.05. The van der Waals surface area contributed by atoms with E-state index in [-0.39, 0.29) is 17.0 Å². The molecule has 8 heteroatoms. The van der Waals surface area contributed by atoms with Gasteiger partial charge in [0.05, 0.1) is 12.0 Å². The van der Waals surface area contributed by atoms with Crippen LogP contribution >= 0.6 is 0 Å². The van der Waals surface area contributed by atoms with Crippen LogP contribution in [0.3, 0.4) is 0 Å². The Morgan fingerprint density at radius 1 is 1.15 bits per heavy atom. The smallest absolute Gasteiger partial charge is 0.311 e. The van der Waals surface area contributed by atoms with Crippen LogP contribution in [0, 0.1) is 10.1 Å². The molecular formula is C25H23N3O5. The molecule has 0 aliphatic heterocycles. The highest BCUT2D eigenvalue weighted by Crippen LogP contribution is 2.30. The standard InChI is InChI=1S/C25H23N3O5/c1-4-15(2)17-7-11-22-20(13-17)27-25(33-22)16-5-9-19(10-6-16)26-24(29)18-8-12-23(32-3)21(14-18)28(30)31/h5-15H,4H2,1-3H3,(H,26,29)/t15-/m0/s1. The first-order chi connectivity index (χ1) is 15.9. The van der Waals surface area contributed by atoms with Crippen LogP contribution in [-0.4, -0.2) is 22.9 Å². The number of carbonyl (C=O) groups is 1. The molecule has 4 rings (SSSR count). The second-order valence-electron chi connectivity index (χ2n) is 7.73. The maximum Gasteiger partial charge on any atom is 0.311 e. The van der Waals surface area contributed by atoms with E-state index in [9.17, 15) is 14.9 Å². The first-order valence-corrected chi connectivity index (χ1v) is 10.5. The maximum atomic E-state index is 12.6. The van der Waals surface area contributed by atoms with E-state index in [1.807, 2.05) is 6.07 Å². The first-order valence-electron chi connectivity index (χ1n) is 10.5. The van der Waals surface area contributed by atoms with Crippen molar-refractivity contribution in [1.82, 2.24) is 4.98 Å². The zero-order valence-electron chi connectivity index (χ0n) is 18.5. The van der Waals surface area contributed by atoms with Crippen molar-refractivity contribution in [2.75, 3.05) is 12.4 Å². The largest absolute Gasteiger partial charge is 0.490 e. The average Bonchev–Trinajstić information content (AvgIpc) is 3.26. The van der Waals surface area contributed by atoms with Crippen molar-refractivity contribution in [3.63, 3.8) is 0 Å². The minimum absolute atomic E-state index is 0.0931. The van der Waals surface area contributed by atoms with E-state index in [4.69, 9.17) is 9.15 Å². The van der Waals surface area contributed by atoms with Crippen molar-refractivity contribution < 1.29 is 18.9 Å². The molecule has 1 aromatic heterocycles. The molecule has 1 heterocycles. The van der Waals surface area contributed by atoms with Crippen LogP contribution in [0.1, 0.15) is 42.1 Å². The molecule has 0 aliphatic rings. The van der Waals surface area contributed by atoms with E-state index >= 15 is 0 Å². The number of oxazole rings is 1. The Balaban J connectivity index is 1.52. The van der Waals surface area contributed by atoms with E-state index in [1.165, 1.54) is 30.9 Å².